The molecule has 0 N–H and O–H groups in total. The quantitative estimate of drug-likeness (QED) is 0.722. The van der Waals surface area contributed by atoms with Crippen molar-refractivity contribution in [2.24, 2.45) is 0 Å². The average molecular weight is 254 g/mol. The number of benzene rings is 2. The van der Waals surface area contributed by atoms with E-state index in [0.717, 1.165) is 12.2 Å². The highest BCUT2D eigenvalue weighted by molar-refractivity contribution is 5.31. The minimum absolute atomic E-state index is 0.586. The Bertz CT molecular complexity index is 513. The Morgan fingerprint density at radius 2 is 1.79 bits per heavy atom. The Labute approximate surface area is 116 Å². The van der Waals surface area contributed by atoms with E-state index in [-0.39, 0.29) is 0 Å². The van der Waals surface area contributed by atoms with Crippen LogP contribution in [0.4, 0.5) is 0 Å². The van der Waals surface area contributed by atoms with Crippen LogP contribution in [-0.2, 0) is 6.61 Å². The summed E-state index contributed by atoms with van der Waals surface area (Å²) < 4.78 is 5.87. The SMILES string of the molecule is CCC(C)c1cccc(OCc2ccc(C)cc2)c1. The van der Waals surface area contributed by atoms with Gasteiger partial charge in [0, 0.05) is 0 Å². The average Bonchev–Trinajstić information content (AvgIpc) is 2.46. The van der Waals surface area contributed by atoms with E-state index in [4.69, 9.17) is 4.74 Å². The van der Waals surface area contributed by atoms with Gasteiger partial charge in [0.2, 0.25) is 0 Å². The lowest BCUT2D eigenvalue weighted by atomic mass is 9.99. The number of hydrogen-bond donors (Lipinski definition) is 0. The molecule has 0 fully saturated rings. The van der Waals surface area contributed by atoms with Gasteiger partial charge in [0.1, 0.15) is 12.4 Å². The molecule has 0 spiro atoms. The lowest BCUT2D eigenvalue weighted by Crippen LogP contribution is -1.97. The first-order chi connectivity index (χ1) is 9.19. The summed E-state index contributed by atoms with van der Waals surface area (Å²) in [5, 5.41) is 0. The Morgan fingerprint density at radius 3 is 2.47 bits per heavy atom. The second kappa shape index (κ2) is 6.42. The predicted octanol–water partition coefficient (Wildman–Crippen LogP) is 5.09. The highest BCUT2D eigenvalue weighted by atomic mass is 16.5. The zero-order valence-corrected chi connectivity index (χ0v) is 12.0. The maximum atomic E-state index is 5.87. The second-order valence-electron chi connectivity index (χ2n) is 5.16. The normalized spacial score (nSPS) is 12.2. The summed E-state index contributed by atoms with van der Waals surface area (Å²) in [6.45, 7) is 7.19. The van der Waals surface area contributed by atoms with Crippen LogP contribution in [0.5, 0.6) is 5.75 Å². The van der Waals surface area contributed by atoms with Crippen molar-refractivity contribution in [2.45, 2.75) is 39.7 Å². The van der Waals surface area contributed by atoms with Gasteiger partial charge in [-0.15, -0.1) is 0 Å². The third-order valence-electron chi connectivity index (χ3n) is 3.57. The number of rotatable bonds is 5. The van der Waals surface area contributed by atoms with E-state index in [2.05, 4.69) is 63.2 Å². The number of hydrogen-bond acceptors (Lipinski definition) is 1. The van der Waals surface area contributed by atoms with E-state index in [9.17, 15) is 0 Å². The zero-order valence-electron chi connectivity index (χ0n) is 12.0. The summed E-state index contributed by atoms with van der Waals surface area (Å²) in [6.07, 6.45) is 1.15. The molecule has 2 rings (SSSR count). The fourth-order valence-electron chi connectivity index (χ4n) is 2.00. The van der Waals surface area contributed by atoms with E-state index in [0.29, 0.717) is 12.5 Å². The molecule has 1 unspecified atom stereocenters. The molecule has 0 aliphatic heterocycles. The van der Waals surface area contributed by atoms with Gasteiger partial charge < -0.3 is 4.74 Å². The molecular weight excluding hydrogens is 232 g/mol. The van der Waals surface area contributed by atoms with Gasteiger partial charge in [-0.05, 0) is 42.5 Å². The molecule has 0 saturated heterocycles. The molecule has 0 amide bonds. The summed E-state index contributed by atoms with van der Waals surface area (Å²) >= 11 is 0. The fourth-order valence-corrected chi connectivity index (χ4v) is 2.00. The van der Waals surface area contributed by atoms with Crippen LogP contribution in [-0.4, -0.2) is 0 Å². The third kappa shape index (κ3) is 3.85. The van der Waals surface area contributed by atoms with Gasteiger partial charge in [-0.25, -0.2) is 0 Å². The van der Waals surface area contributed by atoms with Crippen LogP contribution in [0.25, 0.3) is 0 Å². The van der Waals surface area contributed by atoms with Crippen LogP contribution in [0.3, 0.4) is 0 Å². The molecule has 0 bridgehead atoms. The first-order valence-corrected chi connectivity index (χ1v) is 6.97. The van der Waals surface area contributed by atoms with Crippen molar-refractivity contribution in [1.29, 1.82) is 0 Å². The molecule has 0 radical (unpaired) electrons. The molecule has 0 saturated carbocycles. The molecule has 1 nitrogen and oxygen atoms in total. The van der Waals surface area contributed by atoms with E-state index in [1.54, 1.807) is 0 Å². The van der Waals surface area contributed by atoms with Gasteiger partial charge in [0.25, 0.3) is 0 Å². The van der Waals surface area contributed by atoms with Crippen molar-refractivity contribution in [2.75, 3.05) is 0 Å². The van der Waals surface area contributed by atoms with Gasteiger partial charge in [-0.2, -0.15) is 0 Å². The zero-order chi connectivity index (χ0) is 13.7. The van der Waals surface area contributed by atoms with E-state index in [1.165, 1.54) is 16.7 Å². The Morgan fingerprint density at radius 1 is 1.05 bits per heavy atom. The molecule has 0 aliphatic carbocycles. The molecule has 1 atom stereocenters. The number of ether oxygens (including phenoxy) is 1. The third-order valence-corrected chi connectivity index (χ3v) is 3.57. The standard InChI is InChI=1S/C18H22O/c1-4-15(3)17-6-5-7-18(12-17)19-13-16-10-8-14(2)9-11-16/h5-12,15H,4,13H2,1-3H3. The van der Waals surface area contributed by atoms with Crippen molar-refractivity contribution >= 4 is 0 Å². The Hall–Kier alpha value is -1.76. The molecule has 1 heteroatoms. The van der Waals surface area contributed by atoms with Crippen molar-refractivity contribution in [3.05, 3.63) is 65.2 Å². The lowest BCUT2D eigenvalue weighted by molar-refractivity contribution is 0.305. The van der Waals surface area contributed by atoms with Crippen molar-refractivity contribution in [1.82, 2.24) is 0 Å². The monoisotopic (exact) mass is 254 g/mol. The van der Waals surface area contributed by atoms with Crippen molar-refractivity contribution in [3.63, 3.8) is 0 Å². The highest BCUT2D eigenvalue weighted by Gasteiger charge is 2.04. The van der Waals surface area contributed by atoms with Gasteiger partial charge in [-0.1, -0.05) is 55.8 Å². The van der Waals surface area contributed by atoms with Gasteiger partial charge in [0.15, 0.2) is 0 Å². The van der Waals surface area contributed by atoms with Crippen LogP contribution < -0.4 is 4.74 Å². The molecular formula is C18H22O. The van der Waals surface area contributed by atoms with E-state index < -0.39 is 0 Å². The van der Waals surface area contributed by atoms with Crippen LogP contribution in [0.15, 0.2) is 48.5 Å². The smallest absolute Gasteiger partial charge is 0.120 e. The van der Waals surface area contributed by atoms with Crippen LogP contribution in [0.2, 0.25) is 0 Å². The molecule has 100 valence electrons. The largest absolute Gasteiger partial charge is 0.489 e. The van der Waals surface area contributed by atoms with Crippen LogP contribution in [0.1, 0.15) is 42.9 Å². The topological polar surface area (TPSA) is 9.23 Å². The Kier molecular flexibility index (Phi) is 4.62. The van der Waals surface area contributed by atoms with Gasteiger partial charge >= 0.3 is 0 Å². The van der Waals surface area contributed by atoms with Crippen molar-refractivity contribution in [3.8, 4) is 5.75 Å². The predicted molar refractivity (Wildman–Crippen MR) is 80.7 cm³/mol. The van der Waals surface area contributed by atoms with Gasteiger partial charge in [-0.3, -0.25) is 0 Å². The minimum atomic E-state index is 0.586. The summed E-state index contributed by atoms with van der Waals surface area (Å²) in [5.41, 5.74) is 3.84. The molecule has 0 heterocycles. The molecule has 0 aliphatic rings. The summed E-state index contributed by atoms with van der Waals surface area (Å²) in [4.78, 5) is 0. The number of aryl methyl sites for hydroxylation is 1. The molecule has 2 aromatic carbocycles. The van der Waals surface area contributed by atoms with Gasteiger partial charge in [0.05, 0.1) is 0 Å². The Balaban J connectivity index is 2.01. The van der Waals surface area contributed by atoms with Crippen LogP contribution >= 0.6 is 0 Å². The van der Waals surface area contributed by atoms with E-state index >= 15 is 0 Å². The summed E-state index contributed by atoms with van der Waals surface area (Å²) in [7, 11) is 0. The van der Waals surface area contributed by atoms with Crippen LogP contribution in [0, 0.1) is 6.92 Å². The lowest BCUT2D eigenvalue weighted by Gasteiger charge is -2.12. The summed E-state index contributed by atoms with van der Waals surface area (Å²) in [5.74, 6) is 1.54. The maximum absolute atomic E-state index is 5.87. The highest BCUT2D eigenvalue weighted by Crippen LogP contribution is 2.23. The maximum Gasteiger partial charge on any atom is 0.120 e. The first-order valence-electron chi connectivity index (χ1n) is 6.97. The molecule has 19 heavy (non-hydrogen) atoms. The molecule has 0 aromatic heterocycles. The fraction of sp³-hybridized carbons (Fsp3) is 0.333. The first kappa shape index (κ1) is 13.7. The van der Waals surface area contributed by atoms with E-state index in [1.807, 2.05) is 6.07 Å². The van der Waals surface area contributed by atoms with Crippen molar-refractivity contribution < 1.29 is 4.74 Å². The second-order valence-corrected chi connectivity index (χ2v) is 5.16. The molecule has 2 aromatic rings. The minimum Gasteiger partial charge on any atom is -0.489 e. The summed E-state index contributed by atoms with van der Waals surface area (Å²) in [6, 6.07) is 16.9.